The van der Waals surface area contributed by atoms with E-state index >= 15 is 0 Å². The van der Waals surface area contributed by atoms with Crippen molar-refractivity contribution in [3.8, 4) is 0 Å². The summed E-state index contributed by atoms with van der Waals surface area (Å²) >= 11 is 0. The summed E-state index contributed by atoms with van der Waals surface area (Å²) in [5.41, 5.74) is 0.265. The lowest BCUT2D eigenvalue weighted by Crippen LogP contribution is -2.50. The number of esters is 1. The normalized spacial score (nSPS) is 32.1. The number of methoxy groups -OCH3 is 1. The van der Waals surface area contributed by atoms with Gasteiger partial charge in [0.15, 0.2) is 5.79 Å². The molecule has 1 heterocycles. The molecule has 0 amide bonds. The molecular weight excluding hydrogens is 380 g/mol. The Morgan fingerprint density at radius 3 is 2.61 bits per heavy atom. The monoisotopic (exact) mass is 414 g/mol. The third-order valence-corrected chi connectivity index (χ3v) is 7.39. The number of aliphatic hydroxyl groups is 1. The number of ether oxygens (including phenoxy) is 5. The van der Waals surface area contributed by atoms with Crippen molar-refractivity contribution in [1.29, 1.82) is 0 Å². The summed E-state index contributed by atoms with van der Waals surface area (Å²) in [5, 5.41) is 10.9. The number of rotatable bonds is 7. The first-order valence-electron chi connectivity index (χ1n) is 10.3. The molecule has 160 valence electrons. The Labute approximate surface area is 168 Å². The molecule has 1 N–H and O–H groups in total. The Balaban J connectivity index is 1.66. The fourth-order valence-electron chi connectivity index (χ4n) is 4.05. The van der Waals surface area contributed by atoms with Crippen LogP contribution in [0.4, 0.5) is 0 Å². The Morgan fingerprint density at radius 1 is 1.25 bits per heavy atom. The van der Waals surface area contributed by atoms with Gasteiger partial charge in [0, 0.05) is 27.5 Å². The fourth-order valence-corrected chi connectivity index (χ4v) is 4.81. The zero-order chi connectivity index (χ0) is 20.4. The van der Waals surface area contributed by atoms with E-state index in [0.717, 1.165) is 38.1 Å². The van der Waals surface area contributed by atoms with E-state index in [1.54, 1.807) is 6.08 Å². The highest BCUT2D eigenvalue weighted by molar-refractivity contribution is 6.76. The Bertz CT molecular complexity index is 580. The number of fused-ring (bicyclic) bond motifs is 1. The molecule has 0 radical (unpaired) electrons. The summed E-state index contributed by atoms with van der Waals surface area (Å²) in [4.78, 5) is 12.3. The van der Waals surface area contributed by atoms with Crippen LogP contribution in [0.2, 0.25) is 25.7 Å². The van der Waals surface area contributed by atoms with Crippen molar-refractivity contribution in [3.05, 3.63) is 11.6 Å². The second kappa shape index (κ2) is 8.93. The molecule has 28 heavy (non-hydrogen) atoms. The van der Waals surface area contributed by atoms with Gasteiger partial charge in [-0.3, -0.25) is 0 Å². The maximum Gasteiger partial charge on any atom is 0.336 e. The standard InChI is InChI=1S/C20H34O7Si/c1-23-19(22)14-12-15-18(27-20(26-15)8-6-5-7-9-20)16(21)17(14)25-13-24-10-11-28(2,3)4/h12,15-18,21H,5-11,13H2,1-4H3/t15-,16-,17-,18-/m1/s1. The predicted octanol–water partition coefficient (Wildman–Crippen LogP) is 2.60. The van der Waals surface area contributed by atoms with Gasteiger partial charge in [0.1, 0.15) is 31.2 Å². The molecular formula is C20H34O7Si. The van der Waals surface area contributed by atoms with Gasteiger partial charge in [0.05, 0.1) is 12.7 Å². The molecule has 3 rings (SSSR count). The number of hydrogen-bond donors (Lipinski definition) is 1. The lowest BCUT2D eigenvalue weighted by Gasteiger charge is -2.34. The lowest BCUT2D eigenvalue weighted by atomic mass is 9.89. The van der Waals surface area contributed by atoms with Crippen LogP contribution >= 0.6 is 0 Å². The summed E-state index contributed by atoms with van der Waals surface area (Å²) in [6.45, 7) is 7.44. The molecule has 1 spiro atoms. The molecule has 0 aromatic rings. The van der Waals surface area contributed by atoms with Crippen LogP contribution in [0.5, 0.6) is 0 Å². The Morgan fingerprint density at radius 2 is 1.96 bits per heavy atom. The zero-order valence-electron chi connectivity index (χ0n) is 17.4. The molecule has 3 aliphatic rings. The van der Waals surface area contributed by atoms with E-state index in [9.17, 15) is 9.90 Å². The predicted molar refractivity (Wildman–Crippen MR) is 106 cm³/mol. The molecule has 2 aliphatic carbocycles. The van der Waals surface area contributed by atoms with Crippen molar-refractivity contribution in [3.63, 3.8) is 0 Å². The van der Waals surface area contributed by atoms with E-state index < -0.39 is 44.2 Å². The van der Waals surface area contributed by atoms with Gasteiger partial charge >= 0.3 is 5.97 Å². The summed E-state index contributed by atoms with van der Waals surface area (Å²) in [7, 11) is 0.127. The minimum atomic E-state index is -1.19. The SMILES string of the molecule is COC(=O)C1=C[C@H]2OC3(CCCCC3)O[C@H]2[C@H](O)[C@@H]1OCOCC[Si](C)(C)C. The number of hydrogen-bond acceptors (Lipinski definition) is 7. The molecule has 8 heteroatoms. The van der Waals surface area contributed by atoms with Gasteiger partial charge < -0.3 is 28.8 Å². The van der Waals surface area contributed by atoms with E-state index in [0.29, 0.717) is 6.61 Å². The average molecular weight is 415 g/mol. The van der Waals surface area contributed by atoms with Crippen molar-refractivity contribution in [2.45, 2.75) is 88.0 Å². The molecule has 0 aromatic carbocycles. The van der Waals surface area contributed by atoms with Crippen LogP contribution in [-0.2, 0) is 28.5 Å². The number of carbonyl (C=O) groups excluding carboxylic acids is 1. The van der Waals surface area contributed by atoms with Crippen LogP contribution in [0.15, 0.2) is 11.6 Å². The highest BCUT2D eigenvalue weighted by Gasteiger charge is 2.54. The Kier molecular flexibility index (Phi) is 6.99. The highest BCUT2D eigenvalue weighted by atomic mass is 28.3. The topological polar surface area (TPSA) is 83.5 Å². The van der Waals surface area contributed by atoms with E-state index in [2.05, 4.69) is 19.6 Å². The van der Waals surface area contributed by atoms with Gasteiger partial charge in [-0.2, -0.15) is 0 Å². The van der Waals surface area contributed by atoms with Crippen LogP contribution in [0, 0.1) is 0 Å². The van der Waals surface area contributed by atoms with E-state index in [1.165, 1.54) is 7.11 Å². The van der Waals surface area contributed by atoms with Crippen molar-refractivity contribution < 1.29 is 33.6 Å². The Hall–Kier alpha value is -0.773. The second-order valence-electron chi connectivity index (χ2n) is 9.16. The van der Waals surface area contributed by atoms with Gasteiger partial charge in [0.2, 0.25) is 0 Å². The molecule has 1 aliphatic heterocycles. The molecule has 2 fully saturated rings. The van der Waals surface area contributed by atoms with Gasteiger partial charge in [-0.1, -0.05) is 26.1 Å². The molecule has 1 saturated carbocycles. The highest BCUT2D eigenvalue weighted by Crippen LogP contribution is 2.44. The van der Waals surface area contributed by atoms with Gasteiger partial charge in [-0.25, -0.2) is 4.79 Å². The summed E-state index contributed by atoms with van der Waals surface area (Å²) < 4.78 is 28.6. The molecule has 0 aromatic heterocycles. The smallest absolute Gasteiger partial charge is 0.336 e. The van der Waals surface area contributed by atoms with Crippen molar-refractivity contribution >= 4 is 14.0 Å². The van der Waals surface area contributed by atoms with Crippen LogP contribution < -0.4 is 0 Å². The van der Waals surface area contributed by atoms with Crippen molar-refractivity contribution in [1.82, 2.24) is 0 Å². The van der Waals surface area contributed by atoms with E-state index in [-0.39, 0.29) is 12.4 Å². The van der Waals surface area contributed by atoms with Crippen LogP contribution in [0.3, 0.4) is 0 Å². The lowest BCUT2D eigenvalue weighted by molar-refractivity contribution is -0.205. The summed E-state index contributed by atoms with van der Waals surface area (Å²) in [6, 6.07) is 1.02. The van der Waals surface area contributed by atoms with Crippen LogP contribution in [-0.4, -0.2) is 69.9 Å². The van der Waals surface area contributed by atoms with Crippen LogP contribution in [0.25, 0.3) is 0 Å². The molecule has 0 bridgehead atoms. The zero-order valence-corrected chi connectivity index (χ0v) is 18.4. The summed E-state index contributed by atoms with van der Waals surface area (Å²) in [6.07, 6.45) is 3.62. The van der Waals surface area contributed by atoms with Gasteiger partial charge in [-0.05, 0) is 25.0 Å². The summed E-state index contributed by atoms with van der Waals surface area (Å²) in [5.74, 6) is -1.19. The van der Waals surface area contributed by atoms with Crippen LogP contribution in [0.1, 0.15) is 32.1 Å². The number of aliphatic hydroxyl groups excluding tert-OH is 1. The second-order valence-corrected chi connectivity index (χ2v) is 14.8. The first-order valence-corrected chi connectivity index (χ1v) is 14.0. The third-order valence-electron chi connectivity index (χ3n) is 5.69. The fraction of sp³-hybridized carbons (Fsp3) is 0.850. The van der Waals surface area contributed by atoms with Gasteiger partial charge in [0.25, 0.3) is 0 Å². The van der Waals surface area contributed by atoms with E-state index in [1.807, 2.05) is 0 Å². The molecule has 7 nitrogen and oxygen atoms in total. The molecule has 4 atom stereocenters. The third kappa shape index (κ3) is 5.04. The van der Waals surface area contributed by atoms with Crippen molar-refractivity contribution in [2.75, 3.05) is 20.5 Å². The average Bonchev–Trinajstić information content (AvgIpc) is 2.99. The maximum absolute atomic E-state index is 12.3. The minimum absolute atomic E-state index is 0.00390. The molecule has 0 unspecified atom stereocenters. The first-order chi connectivity index (χ1) is 13.2. The van der Waals surface area contributed by atoms with E-state index in [4.69, 9.17) is 23.7 Å². The minimum Gasteiger partial charge on any atom is -0.466 e. The van der Waals surface area contributed by atoms with Gasteiger partial charge in [-0.15, -0.1) is 0 Å². The number of carbonyl (C=O) groups is 1. The quantitative estimate of drug-likeness (QED) is 0.297. The van der Waals surface area contributed by atoms with Crippen molar-refractivity contribution in [2.24, 2.45) is 0 Å². The largest absolute Gasteiger partial charge is 0.466 e. The maximum atomic E-state index is 12.3. The first kappa shape index (κ1) is 21.9. The molecule has 1 saturated heterocycles.